The maximum atomic E-state index is 14.3. The molecule has 0 aliphatic carbocycles. The molecule has 0 radical (unpaired) electrons. The second kappa shape index (κ2) is 8.47. The van der Waals surface area contributed by atoms with E-state index < -0.39 is 23.3 Å². The van der Waals surface area contributed by atoms with Crippen molar-refractivity contribution in [2.75, 3.05) is 18.7 Å². The number of anilines is 2. The third kappa shape index (κ3) is 4.19. The third-order valence-corrected chi connectivity index (χ3v) is 4.42. The molecule has 0 spiro atoms. The lowest BCUT2D eigenvalue weighted by atomic mass is 10.1. The minimum atomic E-state index is -1.02. The van der Waals surface area contributed by atoms with Gasteiger partial charge in [0.15, 0.2) is 17.5 Å². The number of benzene rings is 2. The predicted octanol–water partition coefficient (Wildman–Crippen LogP) is 5.32. The first-order chi connectivity index (χ1) is 13.4. The first-order valence-corrected chi connectivity index (χ1v) is 9.42. The van der Waals surface area contributed by atoms with Gasteiger partial charge >= 0.3 is 0 Å². The van der Waals surface area contributed by atoms with Crippen LogP contribution in [0, 0.1) is 23.3 Å². The number of rotatable bonds is 6. The Bertz CT molecular complexity index is 1020. The number of ether oxygens (including phenoxy) is 1. The standard InChI is InChI=1S/C19H15F4N3OS/c1-27-16-6-11(20)3-4-13(16)18-15(22)8-24-19(26-18)25-12-5-10(9-28-2)17(23)14(21)7-12/h3-8H,9H2,1-2H3,(H,24,25,26). The van der Waals surface area contributed by atoms with Crippen molar-refractivity contribution in [2.24, 2.45) is 0 Å². The lowest BCUT2D eigenvalue weighted by Gasteiger charge is -2.12. The second-order valence-electron chi connectivity index (χ2n) is 5.72. The number of methoxy groups -OCH3 is 1. The highest BCUT2D eigenvalue weighted by atomic mass is 32.2. The molecule has 0 amide bonds. The van der Waals surface area contributed by atoms with Crippen LogP contribution in [0.3, 0.4) is 0 Å². The van der Waals surface area contributed by atoms with Crippen molar-refractivity contribution in [2.45, 2.75) is 5.75 Å². The van der Waals surface area contributed by atoms with Crippen LogP contribution in [0.1, 0.15) is 5.56 Å². The number of nitrogens with one attached hydrogen (secondary N) is 1. The average Bonchev–Trinajstić information content (AvgIpc) is 2.67. The van der Waals surface area contributed by atoms with Crippen LogP contribution in [-0.4, -0.2) is 23.3 Å². The van der Waals surface area contributed by atoms with Gasteiger partial charge in [-0.2, -0.15) is 11.8 Å². The van der Waals surface area contributed by atoms with Gasteiger partial charge in [-0.15, -0.1) is 0 Å². The fraction of sp³-hybridized carbons (Fsp3) is 0.158. The molecule has 9 heteroatoms. The summed E-state index contributed by atoms with van der Waals surface area (Å²) < 4.78 is 60.4. The number of aromatic nitrogens is 2. The number of thioether (sulfide) groups is 1. The molecule has 0 saturated heterocycles. The number of nitrogens with zero attached hydrogens (tertiary/aromatic N) is 2. The van der Waals surface area contributed by atoms with Crippen molar-refractivity contribution in [3.8, 4) is 17.0 Å². The van der Waals surface area contributed by atoms with Crippen LogP contribution in [0.5, 0.6) is 5.75 Å². The van der Waals surface area contributed by atoms with Gasteiger partial charge in [0.05, 0.1) is 13.3 Å². The van der Waals surface area contributed by atoms with Crippen LogP contribution >= 0.6 is 11.8 Å². The van der Waals surface area contributed by atoms with Crippen LogP contribution in [0.15, 0.2) is 36.5 Å². The summed E-state index contributed by atoms with van der Waals surface area (Å²) in [6.45, 7) is 0. The van der Waals surface area contributed by atoms with Crippen LogP contribution in [0.4, 0.5) is 29.2 Å². The van der Waals surface area contributed by atoms with Crippen molar-refractivity contribution in [1.82, 2.24) is 9.97 Å². The highest BCUT2D eigenvalue weighted by molar-refractivity contribution is 7.97. The predicted molar refractivity (Wildman–Crippen MR) is 101 cm³/mol. The molecule has 0 bridgehead atoms. The van der Waals surface area contributed by atoms with Crippen LogP contribution < -0.4 is 10.1 Å². The fourth-order valence-electron chi connectivity index (χ4n) is 2.58. The first kappa shape index (κ1) is 19.9. The number of hydrogen-bond acceptors (Lipinski definition) is 5. The monoisotopic (exact) mass is 409 g/mol. The van der Waals surface area contributed by atoms with Gasteiger partial charge in [0, 0.05) is 34.7 Å². The van der Waals surface area contributed by atoms with E-state index in [0.29, 0.717) is 0 Å². The van der Waals surface area contributed by atoms with Gasteiger partial charge < -0.3 is 10.1 Å². The zero-order chi connectivity index (χ0) is 20.3. The molecule has 0 atom stereocenters. The van der Waals surface area contributed by atoms with E-state index in [1.165, 1.54) is 31.0 Å². The lowest BCUT2D eigenvalue weighted by molar-refractivity contribution is 0.412. The number of hydrogen-bond donors (Lipinski definition) is 1. The maximum Gasteiger partial charge on any atom is 0.227 e. The molecular formula is C19H15F4N3OS. The van der Waals surface area contributed by atoms with Gasteiger partial charge in [-0.05, 0) is 24.5 Å². The quantitative estimate of drug-likeness (QED) is 0.559. The van der Waals surface area contributed by atoms with Crippen molar-refractivity contribution in [1.29, 1.82) is 0 Å². The van der Waals surface area contributed by atoms with Crippen LogP contribution in [0.2, 0.25) is 0 Å². The van der Waals surface area contributed by atoms with E-state index in [2.05, 4.69) is 15.3 Å². The smallest absolute Gasteiger partial charge is 0.227 e. The molecule has 1 N–H and O–H groups in total. The van der Waals surface area contributed by atoms with E-state index in [0.717, 1.165) is 24.4 Å². The van der Waals surface area contributed by atoms with Gasteiger partial charge in [-0.3, -0.25) is 0 Å². The Hall–Kier alpha value is -2.81. The first-order valence-electron chi connectivity index (χ1n) is 8.03. The Labute approximate surface area is 163 Å². The maximum absolute atomic E-state index is 14.3. The minimum Gasteiger partial charge on any atom is -0.496 e. The van der Waals surface area contributed by atoms with Crippen LogP contribution in [0.25, 0.3) is 11.3 Å². The Kier molecular flexibility index (Phi) is 6.03. The van der Waals surface area contributed by atoms with Gasteiger partial charge in [0.1, 0.15) is 17.3 Å². The summed E-state index contributed by atoms with van der Waals surface area (Å²) in [5, 5.41) is 2.74. The Morgan fingerprint density at radius 1 is 1.07 bits per heavy atom. The SMILES string of the molecule is COc1cc(F)ccc1-c1nc(Nc2cc(F)c(F)c(CSC)c2)ncc1F. The van der Waals surface area contributed by atoms with Crippen molar-refractivity contribution in [3.63, 3.8) is 0 Å². The Morgan fingerprint density at radius 2 is 1.86 bits per heavy atom. The Balaban J connectivity index is 1.99. The van der Waals surface area contributed by atoms with E-state index in [1.807, 2.05) is 0 Å². The molecule has 0 aliphatic heterocycles. The molecule has 3 aromatic rings. The molecular weight excluding hydrogens is 394 g/mol. The topological polar surface area (TPSA) is 47.0 Å². The van der Waals surface area contributed by atoms with Crippen LogP contribution in [-0.2, 0) is 5.75 Å². The number of halogens is 4. The minimum absolute atomic E-state index is 0.0381. The zero-order valence-electron chi connectivity index (χ0n) is 14.9. The summed E-state index contributed by atoms with van der Waals surface area (Å²) >= 11 is 1.34. The van der Waals surface area contributed by atoms with Gasteiger partial charge in [0.2, 0.25) is 5.95 Å². The van der Waals surface area contributed by atoms with Crippen molar-refractivity contribution in [3.05, 3.63) is 65.4 Å². The molecule has 0 unspecified atom stereocenters. The zero-order valence-corrected chi connectivity index (χ0v) is 15.7. The summed E-state index contributed by atoms with van der Waals surface area (Å²) in [6, 6.07) is 5.98. The molecule has 0 aliphatic rings. The van der Waals surface area contributed by atoms with Crippen molar-refractivity contribution < 1.29 is 22.3 Å². The van der Waals surface area contributed by atoms with Crippen molar-refractivity contribution >= 4 is 23.4 Å². The summed E-state index contributed by atoms with van der Waals surface area (Å²) in [5.74, 6) is -2.89. The molecule has 146 valence electrons. The van der Waals surface area contributed by atoms with E-state index in [4.69, 9.17) is 4.74 Å². The third-order valence-electron chi connectivity index (χ3n) is 3.82. The highest BCUT2D eigenvalue weighted by Crippen LogP contribution is 2.32. The highest BCUT2D eigenvalue weighted by Gasteiger charge is 2.16. The molecule has 1 aromatic heterocycles. The molecule has 0 fully saturated rings. The van der Waals surface area contributed by atoms with Gasteiger partial charge in [0.25, 0.3) is 0 Å². The lowest BCUT2D eigenvalue weighted by Crippen LogP contribution is -2.03. The average molecular weight is 409 g/mol. The molecule has 1 heterocycles. The van der Waals surface area contributed by atoms with E-state index in [-0.39, 0.29) is 40.0 Å². The molecule has 28 heavy (non-hydrogen) atoms. The van der Waals surface area contributed by atoms with E-state index >= 15 is 0 Å². The molecule has 0 saturated carbocycles. The van der Waals surface area contributed by atoms with Gasteiger partial charge in [-0.1, -0.05) is 0 Å². The fourth-order valence-corrected chi connectivity index (χ4v) is 3.11. The van der Waals surface area contributed by atoms with E-state index in [1.54, 1.807) is 6.26 Å². The second-order valence-corrected chi connectivity index (χ2v) is 6.59. The molecule has 3 rings (SSSR count). The summed E-state index contributed by atoms with van der Waals surface area (Å²) in [5.41, 5.74) is 0.491. The summed E-state index contributed by atoms with van der Waals surface area (Å²) in [7, 11) is 1.32. The molecule has 2 aromatic carbocycles. The van der Waals surface area contributed by atoms with E-state index in [9.17, 15) is 17.6 Å². The van der Waals surface area contributed by atoms with Gasteiger partial charge in [-0.25, -0.2) is 27.5 Å². The summed E-state index contributed by atoms with van der Waals surface area (Å²) in [6.07, 6.45) is 2.69. The largest absolute Gasteiger partial charge is 0.496 e. The normalized spacial score (nSPS) is 10.8. The molecule has 4 nitrogen and oxygen atoms in total. The Morgan fingerprint density at radius 3 is 2.57 bits per heavy atom. The summed E-state index contributed by atoms with van der Waals surface area (Å²) in [4.78, 5) is 7.91.